The molecule has 0 fully saturated rings. The molecule has 1 N–H and O–H groups in total. The molecular weight excluding hydrogens is 254 g/mol. The molecule has 0 spiro atoms. The van der Waals surface area contributed by atoms with Crippen molar-refractivity contribution in [1.29, 1.82) is 0 Å². The molecule has 0 saturated heterocycles. The van der Waals surface area contributed by atoms with Crippen molar-refractivity contribution in [2.45, 2.75) is 124 Å². The molecule has 0 heterocycles. The van der Waals surface area contributed by atoms with E-state index in [1.165, 1.54) is 77.0 Å². The summed E-state index contributed by atoms with van der Waals surface area (Å²) in [6.45, 7) is 11.7. The van der Waals surface area contributed by atoms with Crippen LogP contribution in [-0.2, 0) is 0 Å². The van der Waals surface area contributed by atoms with E-state index in [0.29, 0.717) is 6.04 Å². The molecule has 0 aliphatic rings. The lowest BCUT2D eigenvalue weighted by Gasteiger charge is -2.30. The van der Waals surface area contributed by atoms with Gasteiger partial charge in [0, 0.05) is 12.1 Å². The molecule has 1 heteroatoms. The molecule has 0 bridgehead atoms. The lowest BCUT2D eigenvalue weighted by atomic mass is 9.89. The van der Waals surface area contributed by atoms with Gasteiger partial charge in [0.25, 0.3) is 0 Å². The second-order valence-corrected chi connectivity index (χ2v) is 6.98. The Kier molecular flexibility index (Phi) is 14.9. The van der Waals surface area contributed by atoms with Crippen molar-refractivity contribution in [2.75, 3.05) is 0 Å². The van der Waals surface area contributed by atoms with Gasteiger partial charge < -0.3 is 5.32 Å². The standard InChI is InChI=1S/C20H43N/c1-6-10-13-15-19(14-9-4)18(5)21-20(16-11-7-2)17-12-8-3/h18-21H,6-17H2,1-5H3. The van der Waals surface area contributed by atoms with E-state index in [4.69, 9.17) is 0 Å². The van der Waals surface area contributed by atoms with Crippen LogP contribution >= 0.6 is 0 Å². The SMILES string of the molecule is CCCCCC(CCC)C(C)NC(CCCC)CCCC. The van der Waals surface area contributed by atoms with Crippen molar-refractivity contribution in [3.05, 3.63) is 0 Å². The Bertz CT molecular complexity index is 194. The quantitative estimate of drug-likeness (QED) is 0.331. The minimum Gasteiger partial charge on any atom is -0.311 e. The smallest absolute Gasteiger partial charge is 0.00696 e. The van der Waals surface area contributed by atoms with E-state index >= 15 is 0 Å². The molecule has 2 atom stereocenters. The minimum atomic E-state index is 0.695. The van der Waals surface area contributed by atoms with Crippen molar-refractivity contribution >= 4 is 0 Å². The normalized spacial score (nSPS) is 14.6. The summed E-state index contributed by atoms with van der Waals surface area (Å²) < 4.78 is 0. The molecule has 0 aromatic heterocycles. The summed E-state index contributed by atoms with van der Waals surface area (Å²) in [4.78, 5) is 0. The molecular formula is C20H43N. The molecule has 0 saturated carbocycles. The monoisotopic (exact) mass is 297 g/mol. The van der Waals surface area contributed by atoms with Gasteiger partial charge >= 0.3 is 0 Å². The van der Waals surface area contributed by atoms with E-state index in [1.807, 2.05) is 0 Å². The van der Waals surface area contributed by atoms with Crippen LogP contribution in [0.3, 0.4) is 0 Å². The maximum atomic E-state index is 4.00. The van der Waals surface area contributed by atoms with Crippen LogP contribution in [-0.4, -0.2) is 12.1 Å². The van der Waals surface area contributed by atoms with E-state index in [0.717, 1.165) is 12.0 Å². The zero-order valence-electron chi connectivity index (χ0n) is 15.7. The van der Waals surface area contributed by atoms with Gasteiger partial charge in [0.15, 0.2) is 0 Å². The van der Waals surface area contributed by atoms with Crippen LogP contribution in [0.15, 0.2) is 0 Å². The zero-order chi connectivity index (χ0) is 15.9. The van der Waals surface area contributed by atoms with Crippen molar-refractivity contribution in [2.24, 2.45) is 5.92 Å². The molecule has 2 unspecified atom stereocenters. The highest BCUT2D eigenvalue weighted by atomic mass is 14.9. The van der Waals surface area contributed by atoms with Gasteiger partial charge in [-0.2, -0.15) is 0 Å². The average molecular weight is 298 g/mol. The van der Waals surface area contributed by atoms with Crippen LogP contribution in [0.1, 0.15) is 112 Å². The zero-order valence-corrected chi connectivity index (χ0v) is 15.7. The number of nitrogens with one attached hydrogen (secondary N) is 1. The van der Waals surface area contributed by atoms with Gasteiger partial charge in [0.2, 0.25) is 0 Å². The van der Waals surface area contributed by atoms with Gasteiger partial charge in [0.1, 0.15) is 0 Å². The molecule has 0 aromatic rings. The maximum absolute atomic E-state index is 4.00. The second-order valence-electron chi connectivity index (χ2n) is 6.98. The number of unbranched alkanes of at least 4 members (excludes halogenated alkanes) is 4. The van der Waals surface area contributed by atoms with Crippen molar-refractivity contribution in [1.82, 2.24) is 5.32 Å². The van der Waals surface area contributed by atoms with E-state index in [9.17, 15) is 0 Å². The molecule has 0 radical (unpaired) electrons. The van der Waals surface area contributed by atoms with Gasteiger partial charge in [-0.05, 0) is 38.5 Å². The Morgan fingerprint density at radius 1 is 0.619 bits per heavy atom. The Hall–Kier alpha value is -0.0400. The Labute approximate surface area is 135 Å². The molecule has 0 aromatic carbocycles. The summed E-state index contributed by atoms with van der Waals surface area (Å²) in [7, 11) is 0. The fourth-order valence-corrected chi connectivity index (χ4v) is 3.39. The molecule has 128 valence electrons. The highest BCUT2D eigenvalue weighted by Crippen LogP contribution is 2.21. The summed E-state index contributed by atoms with van der Waals surface area (Å²) in [6.07, 6.45) is 16.5. The summed E-state index contributed by atoms with van der Waals surface area (Å²) in [5, 5.41) is 4.00. The molecule has 0 aliphatic heterocycles. The first kappa shape index (κ1) is 21.0. The van der Waals surface area contributed by atoms with Crippen molar-refractivity contribution in [3.63, 3.8) is 0 Å². The van der Waals surface area contributed by atoms with Crippen molar-refractivity contribution in [3.8, 4) is 0 Å². The van der Waals surface area contributed by atoms with Gasteiger partial charge in [-0.25, -0.2) is 0 Å². The van der Waals surface area contributed by atoms with Crippen LogP contribution in [0.4, 0.5) is 0 Å². The fraction of sp³-hybridized carbons (Fsp3) is 1.00. The van der Waals surface area contributed by atoms with Crippen LogP contribution in [0.2, 0.25) is 0 Å². The molecule has 21 heavy (non-hydrogen) atoms. The fourth-order valence-electron chi connectivity index (χ4n) is 3.39. The number of hydrogen-bond acceptors (Lipinski definition) is 1. The number of hydrogen-bond donors (Lipinski definition) is 1. The van der Waals surface area contributed by atoms with E-state index in [1.54, 1.807) is 0 Å². The van der Waals surface area contributed by atoms with Crippen LogP contribution in [0, 0.1) is 5.92 Å². The van der Waals surface area contributed by atoms with E-state index < -0.39 is 0 Å². The third kappa shape index (κ3) is 11.2. The predicted octanol–water partition coefficient (Wildman–Crippen LogP) is 6.71. The first-order chi connectivity index (χ1) is 10.2. The molecule has 0 aliphatic carbocycles. The molecule has 0 amide bonds. The second kappa shape index (κ2) is 14.9. The summed E-state index contributed by atoms with van der Waals surface area (Å²) >= 11 is 0. The van der Waals surface area contributed by atoms with E-state index in [-0.39, 0.29) is 0 Å². The summed E-state index contributed by atoms with van der Waals surface area (Å²) in [5.74, 6) is 0.882. The number of rotatable bonds is 15. The van der Waals surface area contributed by atoms with Crippen LogP contribution in [0.5, 0.6) is 0 Å². The Morgan fingerprint density at radius 3 is 1.67 bits per heavy atom. The van der Waals surface area contributed by atoms with Gasteiger partial charge in [-0.1, -0.05) is 79.1 Å². The first-order valence-electron chi connectivity index (χ1n) is 9.95. The topological polar surface area (TPSA) is 12.0 Å². The van der Waals surface area contributed by atoms with Gasteiger partial charge in [0.05, 0.1) is 0 Å². The largest absolute Gasteiger partial charge is 0.311 e. The lowest BCUT2D eigenvalue weighted by Crippen LogP contribution is -2.41. The van der Waals surface area contributed by atoms with Gasteiger partial charge in [-0.15, -0.1) is 0 Å². The third-order valence-electron chi connectivity index (χ3n) is 4.86. The van der Waals surface area contributed by atoms with E-state index in [2.05, 4.69) is 39.9 Å². The highest BCUT2D eigenvalue weighted by Gasteiger charge is 2.19. The minimum absolute atomic E-state index is 0.695. The highest BCUT2D eigenvalue weighted by molar-refractivity contribution is 4.77. The maximum Gasteiger partial charge on any atom is 0.00696 e. The summed E-state index contributed by atoms with van der Waals surface area (Å²) in [6, 6.07) is 1.45. The average Bonchev–Trinajstić information content (AvgIpc) is 2.49. The summed E-state index contributed by atoms with van der Waals surface area (Å²) in [5.41, 5.74) is 0. The molecule has 0 rings (SSSR count). The van der Waals surface area contributed by atoms with Crippen LogP contribution in [0.25, 0.3) is 0 Å². The van der Waals surface area contributed by atoms with Crippen molar-refractivity contribution < 1.29 is 0 Å². The lowest BCUT2D eigenvalue weighted by molar-refractivity contribution is 0.279. The Morgan fingerprint density at radius 2 is 1.19 bits per heavy atom. The van der Waals surface area contributed by atoms with Gasteiger partial charge in [-0.3, -0.25) is 0 Å². The third-order valence-corrected chi connectivity index (χ3v) is 4.86. The molecule has 1 nitrogen and oxygen atoms in total. The first-order valence-corrected chi connectivity index (χ1v) is 9.95. The van der Waals surface area contributed by atoms with Crippen LogP contribution < -0.4 is 5.32 Å². The Balaban J connectivity index is 4.30. The predicted molar refractivity (Wildman–Crippen MR) is 98.0 cm³/mol.